The van der Waals surface area contributed by atoms with Crippen LogP contribution in [0.15, 0.2) is 24.7 Å². The number of amides is 1. The molecule has 1 saturated heterocycles. The zero-order valence-electron chi connectivity index (χ0n) is 13.8. The van der Waals surface area contributed by atoms with Gasteiger partial charge in [0.2, 0.25) is 5.82 Å². The molecule has 3 aromatic rings. The third-order valence-electron chi connectivity index (χ3n) is 4.41. The number of piperidine rings is 1. The maximum Gasteiger partial charge on any atom is 0.293 e. The molecule has 1 aliphatic heterocycles. The standard InChI is InChI=1S/C16H19N7O/c1-11-8-18-22(9-11)13-4-3-7-21(10-13)15(24)14-19-16-17-6-5-12(2)23(16)20-14/h5-6,8-9,13H,3-4,7,10H2,1-2H3. The van der Waals surface area contributed by atoms with E-state index in [-0.39, 0.29) is 17.8 Å². The summed E-state index contributed by atoms with van der Waals surface area (Å²) in [7, 11) is 0. The molecule has 1 atom stereocenters. The van der Waals surface area contributed by atoms with Crippen LogP contribution in [0.3, 0.4) is 0 Å². The van der Waals surface area contributed by atoms with E-state index in [1.165, 1.54) is 0 Å². The van der Waals surface area contributed by atoms with E-state index in [9.17, 15) is 4.79 Å². The van der Waals surface area contributed by atoms with Crippen LogP contribution >= 0.6 is 0 Å². The second-order valence-corrected chi connectivity index (χ2v) is 6.28. The summed E-state index contributed by atoms with van der Waals surface area (Å²) in [6, 6.07) is 2.04. The van der Waals surface area contributed by atoms with Gasteiger partial charge in [0.25, 0.3) is 11.7 Å². The lowest BCUT2D eigenvalue weighted by atomic mass is 10.1. The van der Waals surface area contributed by atoms with Gasteiger partial charge in [-0.25, -0.2) is 9.50 Å². The van der Waals surface area contributed by atoms with Gasteiger partial charge >= 0.3 is 0 Å². The third kappa shape index (κ3) is 2.53. The lowest BCUT2D eigenvalue weighted by molar-refractivity contribution is 0.0661. The van der Waals surface area contributed by atoms with Crippen molar-refractivity contribution in [3.8, 4) is 0 Å². The third-order valence-corrected chi connectivity index (χ3v) is 4.41. The lowest BCUT2D eigenvalue weighted by Crippen LogP contribution is -2.41. The van der Waals surface area contributed by atoms with Gasteiger partial charge in [0.05, 0.1) is 12.2 Å². The lowest BCUT2D eigenvalue weighted by Gasteiger charge is -2.32. The molecule has 0 aliphatic carbocycles. The van der Waals surface area contributed by atoms with Gasteiger partial charge in [-0.3, -0.25) is 9.48 Å². The number of hydrogen-bond donors (Lipinski definition) is 0. The Morgan fingerprint density at radius 2 is 2.21 bits per heavy atom. The van der Waals surface area contributed by atoms with E-state index in [1.807, 2.05) is 41.9 Å². The average molecular weight is 325 g/mol. The summed E-state index contributed by atoms with van der Waals surface area (Å²) >= 11 is 0. The number of carbonyl (C=O) groups excluding carboxylic acids is 1. The van der Waals surface area contributed by atoms with E-state index in [2.05, 4.69) is 20.2 Å². The van der Waals surface area contributed by atoms with Crippen LogP contribution in [-0.2, 0) is 0 Å². The normalized spacial score (nSPS) is 18.2. The molecule has 4 heterocycles. The second kappa shape index (κ2) is 5.70. The number of likely N-dealkylation sites (tertiary alicyclic amines) is 1. The van der Waals surface area contributed by atoms with Crippen molar-refractivity contribution in [3.63, 3.8) is 0 Å². The fraction of sp³-hybridized carbons (Fsp3) is 0.438. The Balaban J connectivity index is 1.57. The number of aromatic nitrogens is 6. The molecule has 0 bridgehead atoms. The molecule has 1 amide bonds. The molecule has 1 aliphatic rings. The quantitative estimate of drug-likeness (QED) is 0.712. The van der Waals surface area contributed by atoms with Crippen molar-refractivity contribution in [1.29, 1.82) is 0 Å². The minimum Gasteiger partial charge on any atom is -0.334 e. The van der Waals surface area contributed by atoms with Crippen molar-refractivity contribution in [1.82, 2.24) is 34.3 Å². The first kappa shape index (κ1) is 14.8. The van der Waals surface area contributed by atoms with E-state index in [0.29, 0.717) is 12.3 Å². The van der Waals surface area contributed by atoms with Crippen LogP contribution in [0.25, 0.3) is 5.78 Å². The summed E-state index contributed by atoms with van der Waals surface area (Å²) in [5.74, 6) is 0.511. The van der Waals surface area contributed by atoms with Gasteiger partial charge in [0.1, 0.15) is 0 Å². The van der Waals surface area contributed by atoms with Crippen molar-refractivity contribution in [2.75, 3.05) is 13.1 Å². The zero-order valence-corrected chi connectivity index (χ0v) is 13.8. The van der Waals surface area contributed by atoms with Crippen LogP contribution in [-0.4, -0.2) is 53.3 Å². The molecule has 0 aromatic carbocycles. The van der Waals surface area contributed by atoms with Gasteiger partial charge < -0.3 is 4.90 Å². The Kier molecular flexibility index (Phi) is 3.51. The first-order valence-corrected chi connectivity index (χ1v) is 8.10. The second-order valence-electron chi connectivity index (χ2n) is 6.28. The topological polar surface area (TPSA) is 81.2 Å². The van der Waals surface area contributed by atoms with Crippen molar-refractivity contribution < 1.29 is 4.79 Å². The largest absolute Gasteiger partial charge is 0.334 e. The Morgan fingerprint density at radius 1 is 1.33 bits per heavy atom. The Morgan fingerprint density at radius 3 is 2.96 bits per heavy atom. The van der Waals surface area contributed by atoms with E-state index >= 15 is 0 Å². The van der Waals surface area contributed by atoms with Crippen LogP contribution in [0, 0.1) is 13.8 Å². The van der Waals surface area contributed by atoms with Gasteiger partial charge in [-0.1, -0.05) is 0 Å². The predicted molar refractivity (Wildman–Crippen MR) is 86.7 cm³/mol. The Labute approximate surface area is 139 Å². The number of fused-ring (bicyclic) bond motifs is 1. The molecular formula is C16H19N7O. The van der Waals surface area contributed by atoms with Crippen LogP contribution in [0.5, 0.6) is 0 Å². The highest BCUT2D eigenvalue weighted by Crippen LogP contribution is 2.22. The van der Waals surface area contributed by atoms with Gasteiger partial charge in [-0.05, 0) is 38.3 Å². The fourth-order valence-electron chi connectivity index (χ4n) is 3.13. The van der Waals surface area contributed by atoms with Crippen LogP contribution < -0.4 is 0 Å². The molecule has 3 aromatic heterocycles. The summed E-state index contributed by atoms with van der Waals surface area (Å²) in [6.07, 6.45) is 7.50. The fourth-order valence-corrected chi connectivity index (χ4v) is 3.13. The van der Waals surface area contributed by atoms with Crippen molar-refractivity contribution >= 4 is 11.7 Å². The minimum absolute atomic E-state index is 0.145. The SMILES string of the molecule is Cc1cnn(C2CCCN(C(=O)c3nc4nccc(C)n4n3)C2)c1. The number of hydrogen-bond acceptors (Lipinski definition) is 5. The summed E-state index contributed by atoms with van der Waals surface area (Å²) in [6.45, 7) is 5.28. The molecule has 1 fully saturated rings. The Hall–Kier alpha value is -2.77. The number of rotatable bonds is 2. The number of carbonyl (C=O) groups is 1. The highest BCUT2D eigenvalue weighted by molar-refractivity contribution is 5.91. The van der Waals surface area contributed by atoms with Crippen molar-refractivity contribution in [3.05, 3.63) is 41.7 Å². The van der Waals surface area contributed by atoms with Gasteiger partial charge in [0.15, 0.2) is 0 Å². The molecule has 1 unspecified atom stereocenters. The van der Waals surface area contributed by atoms with E-state index in [1.54, 1.807) is 10.7 Å². The zero-order chi connectivity index (χ0) is 16.7. The monoisotopic (exact) mass is 325 g/mol. The summed E-state index contributed by atoms with van der Waals surface area (Å²) in [4.78, 5) is 23.0. The molecule has 24 heavy (non-hydrogen) atoms. The van der Waals surface area contributed by atoms with Crippen molar-refractivity contribution in [2.45, 2.75) is 32.7 Å². The van der Waals surface area contributed by atoms with E-state index in [4.69, 9.17) is 0 Å². The van der Waals surface area contributed by atoms with Crippen LogP contribution in [0.1, 0.15) is 40.8 Å². The molecule has 0 saturated carbocycles. The first-order chi connectivity index (χ1) is 11.6. The highest BCUT2D eigenvalue weighted by atomic mass is 16.2. The number of nitrogens with zero attached hydrogens (tertiary/aromatic N) is 7. The van der Waals surface area contributed by atoms with Crippen LogP contribution in [0.2, 0.25) is 0 Å². The maximum absolute atomic E-state index is 12.8. The van der Waals surface area contributed by atoms with Gasteiger partial charge in [0, 0.05) is 31.2 Å². The summed E-state index contributed by atoms with van der Waals surface area (Å²) < 4.78 is 3.56. The van der Waals surface area contributed by atoms with Crippen LogP contribution in [0.4, 0.5) is 0 Å². The molecule has 0 N–H and O–H groups in total. The minimum atomic E-state index is -0.145. The van der Waals surface area contributed by atoms with E-state index < -0.39 is 0 Å². The first-order valence-electron chi connectivity index (χ1n) is 8.10. The van der Waals surface area contributed by atoms with Gasteiger partial charge in [-0.2, -0.15) is 10.1 Å². The molecule has 8 nitrogen and oxygen atoms in total. The maximum atomic E-state index is 12.8. The molecule has 0 radical (unpaired) electrons. The smallest absolute Gasteiger partial charge is 0.293 e. The molecule has 4 rings (SSSR count). The van der Waals surface area contributed by atoms with Crippen molar-refractivity contribution in [2.24, 2.45) is 0 Å². The van der Waals surface area contributed by atoms with E-state index in [0.717, 1.165) is 30.6 Å². The summed E-state index contributed by atoms with van der Waals surface area (Å²) in [5.41, 5.74) is 2.03. The average Bonchev–Trinajstić information content (AvgIpc) is 3.21. The Bertz CT molecular complexity index is 897. The molecule has 0 spiro atoms. The van der Waals surface area contributed by atoms with Gasteiger partial charge in [-0.15, -0.1) is 5.10 Å². The molecule has 8 heteroatoms. The molecular weight excluding hydrogens is 306 g/mol. The number of aryl methyl sites for hydroxylation is 2. The summed E-state index contributed by atoms with van der Waals surface area (Å²) in [5, 5.41) is 8.70. The highest BCUT2D eigenvalue weighted by Gasteiger charge is 2.28. The predicted octanol–water partition coefficient (Wildman–Crippen LogP) is 1.41. The molecule has 124 valence electrons.